The Kier molecular flexibility index (Phi) is 5.36. The Hall–Kier alpha value is -1.85. The van der Waals surface area contributed by atoms with Crippen molar-refractivity contribution in [3.63, 3.8) is 0 Å². The van der Waals surface area contributed by atoms with Crippen molar-refractivity contribution in [2.75, 3.05) is 12.4 Å². The number of carbonyl (C=O) groups is 1. The molecule has 0 radical (unpaired) electrons. The van der Waals surface area contributed by atoms with Crippen LogP contribution < -0.4 is 16.0 Å². The van der Waals surface area contributed by atoms with Crippen LogP contribution in [0, 0.1) is 6.92 Å². The summed E-state index contributed by atoms with van der Waals surface area (Å²) in [6.45, 7) is 4.70. The van der Waals surface area contributed by atoms with Crippen LogP contribution in [0.4, 0.5) is 10.5 Å². The van der Waals surface area contributed by atoms with E-state index in [2.05, 4.69) is 28.9 Å². The largest absolute Gasteiger partial charge is 0.333 e. The first kappa shape index (κ1) is 15.5. The predicted molar refractivity (Wildman–Crippen MR) is 88.8 cm³/mol. The summed E-state index contributed by atoms with van der Waals surface area (Å²) in [6, 6.07) is 10.0. The van der Waals surface area contributed by atoms with Crippen LogP contribution in [0.1, 0.15) is 29.0 Å². The summed E-state index contributed by atoms with van der Waals surface area (Å²) in [5.41, 5.74) is 3.20. The second kappa shape index (κ2) is 7.24. The van der Waals surface area contributed by atoms with E-state index < -0.39 is 0 Å². The molecule has 5 heteroatoms. The zero-order chi connectivity index (χ0) is 15.2. The van der Waals surface area contributed by atoms with E-state index in [-0.39, 0.29) is 6.03 Å². The number of hydrogen-bond acceptors (Lipinski definition) is 3. The molecule has 0 aliphatic heterocycles. The average Bonchev–Trinajstić information content (AvgIpc) is 2.90. The van der Waals surface area contributed by atoms with Gasteiger partial charge in [-0.1, -0.05) is 12.1 Å². The Balaban J connectivity index is 1.86. The van der Waals surface area contributed by atoms with Crippen molar-refractivity contribution >= 4 is 23.1 Å². The molecule has 2 rings (SSSR count). The smallest absolute Gasteiger partial charge is 0.319 e. The quantitative estimate of drug-likeness (QED) is 0.789. The second-order valence-electron chi connectivity index (χ2n) is 4.97. The van der Waals surface area contributed by atoms with Crippen LogP contribution in [-0.2, 0) is 6.54 Å². The Morgan fingerprint density at radius 1 is 1.24 bits per heavy atom. The van der Waals surface area contributed by atoms with Gasteiger partial charge >= 0.3 is 6.03 Å². The number of nitrogens with one attached hydrogen (secondary N) is 3. The molecule has 2 amide bonds. The van der Waals surface area contributed by atoms with Crippen LogP contribution in [0.3, 0.4) is 0 Å². The molecule has 112 valence electrons. The molecule has 4 nitrogen and oxygen atoms in total. The maximum Gasteiger partial charge on any atom is 0.319 e. The van der Waals surface area contributed by atoms with E-state index in [1.54, 1.807) is 11.3 Å². The fourth-order valence-corrected chi connectivity index (χ4v) is 2.79. The van der Waals surface area contributed by atoms with Gasteiger partial charge in [0.15, 0.2) is 0 Å². The summed E-state index contributed by atoms with van der Waals surface area (Å²) in [4.78, 5) is 13.0. The molecule has 0 bridgehead atoms. The molecule has 0 fully saturated rings. The van der Waals surface area contributed by atoms with Gasteiger partial charge in [-0.2, -0.15) is 0 Å². The number of amides is 2. The third kappa shape index (κ3) is 4.31. The fourth-order valence-electron chi connectivity index (χ4n) is 1.94. The number of anilines is 1. The van der Waals surface area contributed by atoms with Crippen molar-refractivity contribution in [1.82, 2.24) is 10.6 Å². The third-order valence-electron chi connectivity index (χ3n) is 3.48. The highest BCUT2D eigenvalue weighted by atomic mass is 32.1. The number of rotatable bonds is 5. The zero-order valence-electron chi connectivity index (χ0n) is 12.6. The topological polar surface area (TPSA) is 53.2 Å². The van der Waals surface area contributed by atoms with E-state index in [0.717, 1.165) is 5.69 Å². The Bertz CT molecular complexity index is 592. The minimum absolute atomic E-state index is 0.183. The Labute approximate surface area is 129 Å². The Morgan fingerprint density at radius 3 is 2.52 bits per heavy atom. The lowest BCUT2D eigenvalue weighted by molar-refractivity contribution is 0.252. The van der Waals surface area contributed by atoms with Gasteiger partial charge in [0.1, 0.15) is 0 Å². The van der Waals surface area contributed by atoms with E-state index in [4.69, 9.17) is 0 Å². The van der Waals surface area contributed by atoms with E-state index >= 15 is 0 Å². The highest BCUT2D eigenvalue weighted by Crippen LogP contribution is 2.16. The van der Waals surface area contributed by atoms with Crippen LogP contribution in [0.15, 0.2) is 35.7 Å². The van der Waals surface area contributed by atoms with Crippen LogP contribution in [0.2, 0.25) is 0 Å². The van der Waals surface area contributed by atoms with Crippen LogP contribution in [0.25, 0.3) is 0 Å². The molecule has 0 spiro atoms. The normalized spacial score (nSPS) is 12.0. The lowest BCUT2D eigenvalue weighted by Crippen LogP contribution is -2.28. The Morgan fingerprint density at radius 2 is 1.95 bits per heavy atom. The summed E-state index contributed by atoms with van der Waals surface area (Å²) in [6.07, 6.45) is 0. The maximum absolute atomic E-state index is 11.9. The van der Waals surface area contributed by atoms with Gasteiger partial charge in [-0.25, -0.2) is 4.79 Å². The van der Waals surface area contributed by atoms with Gasteiger partial charge in [0, 0.05) is 16.6 Å². The van der Waals surface area contributed by atoms with Crippen molar-refractivity contribution in [2.24, 2.45) is 0 Å². The first-order chi connectivity index (χ1) is 10.1. The molecule has 1 aromatic heterocycles. The van der Waals surface area contributed by atoms with Gasteiger partial charge in [-0.05, 0) is 55.6 Å². The molecule has 0 saturated heterocycles. The van der Waals surface area contributed by atoms with Gasteiger partial charge in [-0.3, -0.25) is 0 Å². The standard InChI is InChI=1S/C16H21N3OS/c1-11-8-9-21-15(11)10-18-16(20)19-14-6-4-13(5-7-14)12(2)17-3/h4-9,12,17H,10H2,1-3H3,(H2,18,19,20). The zero-order valence-corrected chi connectivity index (χ0v) is 13.4. The number of thiophene rings is 1. The number of urea groups is 1. The molecule has 1 heterocycles. The number of carbonyl (C=O) groups excluding carboxylic acids is 1. The molecule has 21 heavy (non-hydrogen) atoms. The highest BCUT2D eigenvalue weighted by molar-refractivity contribution is 7.10. The van der Waals surface area contributed by atoms with Gasteiger partial charge in [0.05, 0.1) is 6.54 Å². The third-order valence-corrected chi connectivity index (χ3v) is 4.50. The van der Waals surface area contributed by atoms with E-state index in [1.807, 2.05) is 43.6 Å². The van der Waals surface area contributed by atoms with Crippen molar-refractivity contribution in [3.05, 3.63) is 51.7 Å². The van der Waals surface area contributed by atoms with Crippen molar-refractivity contribution in [1.29, 1.82) is 0 Å². The predicted octanol–water partition coefficient (Wildman–Crippen LogP) is 3.66. The summed E-state index contributed by atoms with van der Waals surface area (Å²) in [5, 5.41) is 10.9. The number of hydrogen-bond donors (Lipinski definition) is 3. The van der Waals surface area contributed by atoms with Crippen LogP contribution >= 0.6 is 11.3 Å². The fraction of sp³-hybridized carbons (Fsp3) is 0.312. The molecule has 2 aromatic rings. The molecule has 1 unspecified atom stereocenters. The molecule has 0 saturated carbocycles. The first-order valence-electron chi connectivity index (χ1n) is 6.95. The number of aryl methyl sites for hydroxylation is 1. The number of benzene rings is 1. The second-order valence-corrected chi connectivity index (χ2v) is 5.97. The SMILES string of the molecule is CNC(C)c1ccc(NC(=O)NCc2sccc2C)cc1. The van der Waals surface area contributed by atoms with Crippen LogP contribution in [0.5, 0.6) is 0 Å². The van der Waals surface area contributed by atoms with E-state index in [1.165, 1.54) is 16.0 Å². The van der Waals surface area contributed by atoms with Gasteiger partial charge in [0.25, 0.3) is 0 Å². The first-order valence-corrected chi connectivity index (χ1v) is 7.83. The summed E-state index contributed by atoms with van der Waals surface area (Å²) >= 11 is 1.66. The van der Waals surface area contributed by atoms with Gasteiger partial charge in [0.2, 0.25) is 0 Å². The molecular weight excluding hydrogens is 282 g/mol. The molecule has 3 N–H and O–H groups in total. The van der Waals surface area contributed by atoms with E-state index in [0.29, 0.717) is 12.6 Å². The van der Waals surface area contributed by atoms with Crippen molar-refractivity contribution in [3.8, 4) is 0 Å². The van der Waals surface area contributed by atoms with Crippen LogP contribution in [-0.4, -0.2) is 13.1 Å². The molecule has 0 aliphatic rings. The van der Waals surface area contributed by atoms with Crippen molar-refractivity contribution in [2.45, 2.75) is 26.4 Å². The average molecular weight is 303 g/mol. The van der Waals surface area contributed by atoms with E-state index in [9.17, 15) is 4.79 Å². The minimum atomic E-state index is -0.183. The molecule has 1 atom stereocenters. The molecule has 0 aliphatic carbocycles. The molecular formula is C16H21N3OS. The summed E-state index contributed by atoms with van der Waals surface area (Å²) < 4.78 is 0. The lowest BCUT2D eigenvalue weighted by atomic mass is 10.1. The minimum Gasteiger partial charge on any atom is -0.333 e. The highest BCUT2D eigenvalue weighted by Gasteiger charge is 2.06. The lowest BCUT2D eigenvalue weighted by Gasteiger charge is -2.12. The van der Waals surface area contributed by atoms with Gasteiger partial charge < -0.3 is 16.0 Å². The maximum atomic E-state index is 11.9. The monoisotopic (exact) mass is 303 g/mol. The van der Waals surface area contributed by atoms with Gasteiger partial charge in [-0.15, -0.1) is 11.3 Å². The summed E-state index contributed by atoms with van der Waals surface area (Å²) in [5.74, 6) is 0. The van der Waals surface area contributed by atoms with Crippen molar-refractivity contribution < 1.29 is 4.79 Å². The summed E-state index contributed by atoms with van der Waals surface area (Å²) in [7, 11) is 1.93. The molecule has 1 aromatic carbocycles.